The summed E-state index contributed by atoms with van der Waals surface area (Å²) in [4.78, 5) is 12.8. The molecule has 1 aromatic rings. The summed E-state index contributed by atoms with van der Waals surface area (Å²) in [7, 11) is 0. The Morgan fingerprint density at radius 2 is 2.21 bits per heavy atom. The first kappa shape index (κ1) is 14.0. The van der Waals surface area contributed by atoms with Crippen LogP contribution in [0.4, 0.5) is 5.69 Å². The van der Waals surface area contributed by atoms with Crippen molar-refractivity contribution in [3.63, 3.8) is 0 Å². The van der Waals surface area contributed by atoms with Crippen LogP contribution in [-0.4, -0.2) is 33.6 Å². The number of aliphatic hydroxyl groups is 1. The van der Waals surface area contributed by atoms with E-state index in [1.807, 2.05) is 6.07 Å². The van der Waals surface area contributed by atoms with E-state index in [9.17, 15) is 15.2 Å². The standard InChI is InChI=1S/C14H20N2O3/c1-11(17)13-7-4-5-9-15(13)10-12-6-2-3-8-14(12)16(18)19/h2-3,6,8,11,13,17H,4-5,7,9-10H2,1H3/t11-,13+/m0/s1. The van der Waals surface area contributed by atoms with Gasteiger partial charge in [0.1, 0.15) is 0 Å². The van der Waals surface area contributed by atoms with Crippen LogP contribution in [0, 0.1) is 10.1 Å². The summed E-state index contributed by atoms with van der Waals surface area (Å²) < 4.78 is 0. The van der Waals surface area contributed by atoms with Gasteiger partial charge in [-0.2, -0.15) is 0 Å². The average Bonchev–Trinajstić information content (AvgIpc) is 2.39. The van der Waals surface area contributed by atoms with Gasteiger partial charge in [-0.05, 0) is 26.3 Å². The fraction of sp³-hybridized carbons (Fsp3) is 0.571. The molecule has 1 aliphatic heterocycles. The molecule has 0 radical (unpaired) electrons. The number of likely N-dealkylation sites (tertiary alicyclic amines) is 1. The molecule has 2 atom stereocenters. The number of nitro benzene ring substituents is 1. The summed E-state index contributed by atoms with van der Waals surface area (Å²) in [5.74, 6) is 0. The van der Waals surface area contributed by atoms with E-state index in [0.717, 1.165) is 31.4 Å². The highest BCUT2D eigenvalue weighted by Crippen LogP contribution is 2.25. The van der Waals surface area contributed by atoms with Gasteiger partial charge in [0.05, 0.1) is 11.0 Å². The Kier molecular flexibility index (Phi) is 4.50. The van der Waals surface area contributed by atoms with Crippen molar-refractivity contribution in [3.8, 4) is 0 Å². The number of benzene rings is 1. The lowest BCUT2D eigenvalue weighted by Gasteiger charge is -2.37. The van der Waals surface area contributed by atoms with Gasteiger partial charge in [-0.15, -0.1) is 0 Å². The molecule has 104 valence electrons. The lowest BCUT2D eigenvalue weighted by Crippen LogP contribution is -2.45. The number of nitro groups is 1. The van der Waals surface area contributed by atoms with Crippen molar-refractivity contribution in [3.05, 3.63) is 39.9 Å². The molecular weight excluding hydrogens is 244 g/mol. The Morgan fingerprint density at radius 3 is 2.89 bits per heavy atom. The van der Waals surface area contributed by atoms with Crippen molar-refractivity contribution < 1.29 is 10.0 Å². The van der Waals surface area contributed by atoms with Gasteiger partial charge in [-0.25, -0.2) is 0 Å². The van der Waals surface area contributed by atoms with Crippen LogP contribution in [0.2, 0.25) is 0 Å². The van der Waals surface area contributed by atoms with Crippen LogP contribution < -0.4 is 0 Å². The fourth-order valence-corrected chi connectivity index (χ4v) is 2.80. The zero-order chi connectivity index (χ0) is 13.8. The number of piperidine rings is 1. The van der Waals surface area contributed by atoms with Gasteiger partial charge in [-0.3, -0.25) is 15.0 Å². The van der Waals surface area contributed by atoms with E-state index in [4.69, 9.17) is 0 Å². The first-order valence-electron chi connectivity index (χ1n) is 6.74. The summed E-state index contributed by atoms with van der Waals surface area (Å²) in [6.07, 6.45) is 2.76. The maximum atomic E-state index is 11.0. The third kappa shape index (κ3) is 3.30. The highest BCUT2D eigenvalue weighted by Gasteiger charge is 2.27. The third-order valence-corrected chi connectivity index (χ3v) is 3.78. The van der Waals surface area contributed by atoms with Crippen LogP contribution in [0.1, 0.15) is 31.7 Å². The highest BCUT2D eigenvalue weighted by atomic mass is 16.6. The summed E-state index contributed by atoms with van der Waals surface area (Å²) in [6, 6.07) is 6.95. The topological polar surface area (TPSA) is 66.6 Å². The molecule has 0 amide bonds. The largest absolute Gasteiger partial charge is 0.392 e. The maximum absolute atomic E-state index is 11.0. The number of aliphatic hydroxyl groups excluding tert-OH is 1. The maximum Gasteiger partial charge on any atom is 0.273 e. The molecule has 1 aliphatic rings. The molecule has 1 N–H and O–H groups in total. The van der Waals surface area contributed by atoms with E-state index in [-0.39, 0.29) is 16.7 Å². The van der Waals surface area contributed by atoms with Gasteiger partial charge in [0.2, 0.25) is 0 Å². The SMILES string of the molecule is C[C@H](O)[C@H]1CCCCN1Cc1ccccc1[N+](=O)[O-]. The van der Waals surface area contributed by atoms with Crippen LogP contribution in [0.3, 0.4) is 0 Å². The number of rotatable bonds is 4. The zero-order valence-corrected chi connectivity index (χ0v) is 11.2. The van der Waals surface area contributed by atoms with Crippen LogP contribution in [0.5, 0.6) is 0 Å². The first-order valence-corrected chi connectivity index (χ1v) is 6.74. The molecule has 1 saturated heterocycles. The number of nitrogens with zero attached hydrogens (tertiary/aromatic N) is 2. The normalized spacial score (nSPS) is 22.1. The minimum Gasteiger partial charge on any atom is -0.392 e. The third-order valence-electron chi connectivity index (χ3n) is 3.78. The molecule has 0 unspecified atom stereocenters. The van der Waals surface area contributed by atoms with E-state index in [2.05, 4.69) is 4.90 Å². The van der Waals surface area contributed by atoms with Gasteiger partial charge in [0.15, 0.2) is 0 Å². The van der Waals surface area contributed by atoms with E-state index in [1.54, 1.807) is 19.1 Å². The first-order chi connectivity index (χ1) is 9.09. The molecule has 19 heavy (non-hydrogen) atoms. The van der Waals surface area contributed by atoms with Crippen LogP contribution in [-0.2, 0) is 6.54 Å². The molecule has 0 saturated carbocycles. The summed E-state index contributed by atoms with van der Waals surface area (Å²) in [6.45, 7) is 3.22. The molecule has 2 rings (SSSR count). The molecule has 0 bridgehead atoms. The molecule has 5 heteroatoms. The quantitative estimate of drug-likeness (QED) is 0.669. The van der Waals surface area contributed by atoms with Crippen molar-refractivity contribution >= 4 is 5.69 Å². The predicted molar refractivity (Wildman–Crippen MR) is 72.8 cm³/mol. The van der Waals surface area contributed by atoms with Crippen molar-refractivity contribution in [2.75, 3.05) is 6.54 Å². The summed E-state index contributed by atoms with van der Waals surface area (Å²) in [5.41, 5.74) is 0.887. The number of hydrogen-bond acceptors (Lipinski definition) is 4. The van der Waals surface area contributed by atoms with E-state index >= 15 is 0 Å². The van der Waals surface area contributed by atoms with Crippen molar-refractivity contribution in [2.24, 2.45) is 0 Å². The summed E-state index contributed by atoms with van der Waals surface area (Å²) >= 11 is 0. The Balaban J connectivity index is 2.17. The summed E-state index contributed by atoms with van der Waals surface area (Å²) in [5, 5.41) is 20.8. The van der Waals surface area contributed by atoms with Crippen molar-refractivity contribution in [1.29, 1.82) is 0 Å². The van der Waals surface area contributed by atoms with Crippen LogP contribution in [0.25, 0.3) is 0 Å². The second kappa shape index (κ2) is 6.12. The highest BCUT2D eigenvalue weighted by molar-refractivity contribution is 5.39. The molecule has 1 aromatic carbocycles. The predicted octanol–water partition coefficient (Wildman–Crippen LogP) is 2.33. The van der Waals surface area contributed by atoms with E-state index < -0.39 is 6.10 Å². The Morgan fingerprint density at radius 1 is 1.47 bits per heavy atom. The molecular formula is C14H20N2O3. The molecule has 1 fully saturated rings. The van der Waals surface area contributed by atoms with Gasteiger partial charge < -0.3 is 5.11 Å². The van der Waals surface area contributed by atoms with Crippen LogP contribution in [0.15, 0.2) is 24.3 Å². The smallest absolute Gasteiger partial charge is 0.273 e. The van der Waals surface area contributed by atoms with Gasteiger partial charge in [0.25, 0.3) is 5.69 Å². The van der Waals surface area contributed by atoms with Crippen molar-refractivity contribution in [2.45, 2.75) is 44.9 Å². The Bertz CT molecular complexity index is 448. The van der Waals surface area contributed by atoms with E-state index in [0.29, 0.717) is 6.54 Å². The minimum absolute atomic E-state index is 0.105. The number of hydrogen-bond donors (Lipinski definition) is 1. The van der Waals surface area contributed by atoms with E-state index in [1.165, 1.54) is 6.07 Å². The molecule has 0 aliphatic carbocycles. The molecule has 1 heterocycles. The minimum atomic E-state index is -0.400. The Hall–Kier alpha value is -1.46. The zero-order valence-electron chi connectivity index (χ0n) is 11.2. The lowest BCUT2D eigenvalue weighted by atomic mass is 9.97. The monoisotopic (exact) mass is 264 g/mol. The second-order valence-electron chi connectivity index (χ2n) is 5.16. The van der Waals surface area contributed by atoms with Gasteiger partial charge in [0, 0.05) is 24.2 Å². The number of para-hydroxylation sites is 1. The van der Waals surface area contributed by atoms with Crippen molar-refractivity contribution in [1.82, 2.24) is 4.90 Å². The molecule has 5 nitrogen and oxygen atoms in total. The molecule has 0 spiro atoms. The Labute approximate surface area is 113 Å². The van der Waals surface area contributed by atoms with Gasteiger partial charge in [-0.1, -0.05) is 24.6 Å². The molecule has 0 aromatic heterocycles. The van der Waals surface area contributed by atoms with Crippen LogP contribution >= 0.6 is 0 Å². The average molecular weight is 264 g/mol. The fourth-order valence-electron chi connectivity index (χ4n) is 2.80. The lowest BCUT2D eigenvalue weighted by molar-refractivity contribution is -0.385. The van der Waals surface area contributed by atoms with Gasteiger partial charge >= 0.3 is 0 Å². The second-order valence-corrected chi connectivity index (χ2v) is 5.16.